The van der Waals surface area contributed by atoms with Crippen LogP contribution in [0, 0.1) is 5.92 Å². The van der Waals surface area contributed by atoms with E-state index in [2.05, 4.69) is 29.5 Å². The van der Waals surface area contributed by atoms with E-state index in [-0.39, 0.29) is 5.75 Å². The minimum absolute atomic E-state index is 0.146. The van der Waals surface area contributed by atoms with Crippen molar-refractivity contribution >= 4 is 16.0 Å². The van der Waals surface area contributed by atoms with E-state index in [1.807, 2.05) is 6.92 Å². The molecular weight excluding hydrogens is 312 g/mol. The van der Waals surface area contributed by atoms with Crippen LogP contribution in [0.2, 0.25) is 0 Å². The quantitative estimate of drug-likeness (QED) is 0.321. The van der Waals surface area contributed by atoms with Crippen LogP contribution in [0.1, 0.15) is 53.4 Å². The Labute approximate surface area is 143 Å². The van der Waals surface area contributed by atoms with Crippen molar-refractivity contribution in [2.45, 2.75) is 53.4 Å². The lowest BCUT2D eigenvalue weighted by molar-refractivity contribution is 0.464. The summed E-state index contributed by atoms with van der Waals surface area (Å²) in [6.45, 7) is 11.1. The maximum atomic E-state index is 11.6. The summed E-state index contributed by atoms with van der Waals surface area (Å²) in [4.78, 5) is 4.50. The highest BCUT2D eigenvalue weighted by Crippen LogP contribution is 2.05. The maximum Gasteiger partial charge on any atom is 0.213 e. The Kier molecular flexibility index (Phi) is 12.1. The fourth-order valence-corrected chi connectivity index (χ4v) is 2.92. The number of nitrogens with one attached hydrogen (secondary N) is 2. The van der Waals surface area contributed by atoms with Crippen LogP contribution in [0.4, 0.5) is 0 Å². The summed E-state index contributed by atoms with van der Waals surface area (Å²) in [5.74, 6) is 1.72. The van der Waals surface area contributed by atoms with E-state index >= 15 is 0 Å². The molecule has 0 rings (SSSR count). The third-order valence-electron chi connectivity index (χ3n) is 3.59. The third-order valence-corrected chi connectivity index (χ3v) is 5.45. The number of guanidine groups is 1. The molecule has 0 atom stereocenters. The lowest BCUT2D eigenvalue weighted by Gasteiger charge is -2.15. The van der Waals surface area contributed by atoms with Crippen molar-refractivity contribution in [3.05, 3.63) is 0 Å². The molecule has 0 aliphatic carbocycles. The first-order chi connectivity index (χ1) is 10.8. The van der Waals surface area contributed by atoms with Gasteiger partial charge in [-0.3, -0.25) is 4.99 Å². The van der Waals surface area contributed by atoms with Gasteiger partial charge in [0.15, 0.2) is 5.96 Å². The van der Waals surface area contributed by atoms with Crippen LogP contribution in [0.15, 0.2) is 4.99 Å². The van der Waals surface area contributed by atoms with Gasteiger partial charge in [0.1, 0.15) is 0 Å². The Balaban J connectivity index is 4.07. The number of hydrogen-bond donors (Lipinski definition) is 2. The van der Waals surface area contributed by atoms with Gasteiger partial charge in [0.2, 0.25) is 10.0 Å². The van der Waals surface area contributed by atoms with E-state index in [0.29, 0.717) is 13.1 Å². The van der Waals surface area contributed by atoms with Crippen molar-refractivity contribution < 1.29 is 8.42 Å². The van der Waals surface area contributed by atoms with E-state index in [9.17, 15) is 8.42 Å². The smallest absolute Gasteiger partial charge is 0.213 e. The number of rotatable bonds is 12. The first kappa shape index (κ1) is 22.2. The maximum absolute atomic E-state index is 11.6. The van der Waals surface area contributed by atoms with E-state index in [0.717, 1.165) is 37.8 Å². The highest BCUT2D eigenvalue weighted by atomic mass is 32.2. The summed E-state index contributed by atoms with van der Waals surface area (Å²) in [7, 11) is -1.46. The Morgan fingerprint density at radius 3 is 2.39 bits per heavy atom. The highest BCUT2D eigenvalue weighted by Gasteiger charge is 2.13. The number of unbranched alkanes of at least 4 members (excludes halogenated alkanes) is 1. The van der Waals surface area contributed by atoms with Gasteiger partial charge in [0.25, 0.3) is 0 Å². The van der Waals surface area contributed by atoms with Crippen LogP contribution in [0.5, 0.6) is 0 Å². The van der Waals surface area contributed by atoms with Gasteiger partial charge in [0.05, 0.1) is 5.75 Å². The normalized spacial score (nSPS) is 12.9. The van der Waals surface area contributed by atoms with Crippen molar-refractivity contribution in [1.29, 1.82) is 0 Å². The van der Waals surface area contributed by atoms with Crippen LogP contribution in [0.25, 0.3) is 0 Å². The van der Waals surface area contributed by atoms with Gasteiger partial charge in [-0.2, -0.15) is 0 Å². The van der Waals surface area contributed by atoms with Crippen molar-refractivity contribution in [2.24, 2.45) is 10.9 Å². The number of nitrogens with zero attached hydrogens (tertiary/aromatic N) is 2. The molecule has 6 nitrogen and oxygen atoms in total. The second-order valence-electron chi connectivity index (χ2n) is 6.15. The first-order valence-corrected chi connectivity index (χ1v) is 10.4. The summed E-state index contributed by atoms with van der Waals surface area (Å²) >= 11 is 0. The topological polar surface area (TPSA) is 73.8 Å². The van der Waals surface area contributed by atoms with Gasteiger partial charge in [-0.25, -0.2) is 12.7 Å². The Morgan fingerprint density at radius 2 is 1.83 bits per heavy atom. The molecule has 0 spiro atoms. The summed E-state index contributed by atoms with van der Waals surface area (Å²) in [6.07, 6.45) is 4.34. The fourth-order valence-electron chi connectivity index (χ4n) is 2.07. The van der Waals surface area contributed by atoms with Gasteiger partial charge < -0.3 is 10.6 Å². The van der Waals surface area contributed by atoms with Crippen LogP contribution < -0.4 is 10.6 Å². The average Bonchev–Trinajstić information content (AvgIpc) is 2.50. The third kappa shape index (κ3) is 11.4. The second-order valence-corrected chi connectivity index (χ2v) is 8.52. The number of hydrogen-bond acceptors (Lipinski definition) is 3. The van der Waals surface area contributed by atoms with Gasteiger partial charge in [0, 0.05) is 33.2 Å². The molecule has 0 saturated carbocycles. The Bertz CT molecular complexity index is 422. The predicted molar refractivity (Wildman–Crippen MR) is 99.4 cm³/mol. The zero-order valence-corrected chi connectivity index (χ0v) is 16.4. The molecule has 0 aromatic rings. The van der Waals surface area contributed by atoms with E-state index in [1.54, 1.807) is 14.0 Å². The average molecular weight is 349 g/mol. The second kappa shape index (κ2) is 12.6. The molecule has 0 bridgehead atoms. The minimum atomic E-state index is -3.08. The van der Waals surface area contributed by atoms with E-state index in [1.165, 1.54) is 17.1 Å². The van der Waals surface area contributed by atoms with Gasteiger partial charge in [-0.1, -0.05) is 26.7 Å². The van der Waals surface area contributed by atoms with Gasteiger partial charge in [-0.15, -0.1) is 0 Å². The first-order valence-electron chi connectivity index (χ1n) is 8.79. The van der Waals surface area contributed by atoms with Crippen LogP contribution in [-0.2, 0) is 10.0 Å². The molecular formula is C16H36N4O2S. The molecule has 7 heteroatoms. The predicted octanol–water partition coefficient (Wildman–Crippen LogP) is 2.04. The van der Waals surface area contributed by atoms with Crippen molar-refractivity contribution in [3.63, 3.8) is 0 Å². The lowest BCUT2D eigenvalue weighted by Crippen LogP contribution is -2.38. The number of aliphatic imine (C=N–C) groups is 1. The van der Waals surface area contributed by atoms with Crippen LogP contribution in [-0.4, -0.2) is 57.7 Å². The molecule has 0 aromatic heterocycles. The molecule has 0 amide bonds. The molecule has 0 unspecified atom stereocenters. The molecule has 0 heterocycles. The summed E-state index contributed by atoms with van der Waals surface area (Å²) in [6, 6.07) is 0. The summed E-state index contributed by atoms with van der Waals surface area (Å²) < 4.78 is 24.7. The number of sulfonamides is 1. The Morgan fingerprint density at radius 1 is 1.13 bits per heavy atom. The monoisotopic (exact) mass is 348 g/mol. The molecule has 0 fully saturated rings. The molecule has 0 radical (unpaired) electrons. The molecule has 0 aliphatic rings. The highest BCUT2D eigenvalue weighted by molar-refractivity contribution is 7.89. The van der Waals surface area contributed by atoms with Crippen molar-refractivity contribution in [1.82, 2.24) is 14.9 Å². The molecule has 0 aliphatic heterocycles. The largest absolute Gasteiger partial charge is 0.357 e. The van der Waals surface area contributed by atoms with Gasteiger partial charge >= 0.3 is 0 Å². The van der Waals surface area contributed by atoms with Crippen LogP contribution in [0.3, 0.4) is 0 Å². The van der Waals surface area contributed by atoms with E-state index < -0.39 is 10.0 Å². The van der Waals surface area contributed by atoms with Crippen molar-refractivity contribution in [2.75, 3.05) is 39.0 Å². The molecule has 138 valence electrons. The Hall–Kier alpha value is -0.820. The minimum Gasteiger partial charge on any atom is -0.357 e. The standard InChI is InChI=1S/C16H36N4O2S/c1-6-17-16(18-12-9-8-11-15(3)4)19-13-10-14-20(5)23(21,22)7-2/h15H,6-14H2,1-5H3,(H2,17,18,19). The zero-order valence-electron chi connectivity index (χ0n) is 15.6. The summed E-state index contributed by atoms with van der Waals surface area (Å²) in [5.41, 5.74) is 0. The summed E-state index contributed by atoms with van der Waals surface area (Å²) in [5, 5.41) is 6.55. The molecule has 23 heavy (non-hydrogen) atoms. The zero-order chi connectivity index (χ0) is 17.7. The SMILES string of the molecule is CCNC(=NCCCN(C)S(=O)(=O)CC)NCCCCC(C)C. The fraction of sp³-hybridized carbons (Fsp3) is 0.938. The molecule has 0 aromatic carbocycles. The van der Waals surface area contributed by atoms with Crippen LogP contribution >= 0.6 is 0 Å². The van der Waals surface area contributed by atoms with Gasteiger partial charge in [-0.05, 0) is 32.6 Å². The lowest BCUT2D eigenvalue weighted by atomic mass is 10.1. The van der Waals surface area contributed by atoms with E-state index in [4.69, 9.17) is 0 Å². The molecule has 2 N–H and O–H groups in total. The van der Waals surface area contributed by atoms with Crippen molar-refractivity contribution in [3.8, 4) is 0 Å². The molecule has 0 saturated heterocycles.